The zero-order valence-electron chi connectivity index (χ0n) is 15.5. The van der Waals surface area contributed by atoms with Gasteiger partial charge in [-0.1, -0.05) is 35.9 Å². The molecule has 0 radical (unpaired) electrons. The average molecular weight is 381 g/mol. The van der Waals surface area contributed by atoms with Crippen LogP contribution in [0.5, 0.6) is 0 Å². The second-order valence-corrected chi connectivity index (χ2v) is 6.62. The van der Waals surface area contributed by atoms with Crippen LogP contribution in [0.1, 0.15) is 28.7 Å². The van der Waals surface area contributed by atoms with E-state index in [4.69, 9.17) is 11.6 Å². The highest BCUT2D eigenvalue weighted by Gasteiger charge is 2.19. The first-order valence-electron chi connectivity index (χ1n) is 8.73. The number of aryl methyl sites for hydroxylation is 2. The molecule has 3 rings (SSSR count). The van der Waals surface area contributed by atoms with E-state index in [0.717, 1.165) is 11.3 Å². The molecule has 3 aromatic rings. The van der Waals surface area contributed by atoms with Crippen LogP contribution in [0.3, 0.4) is 0 Å². The smallest absolute Gasteiger partial charge is 0.277 e. The predicted molar refractivity (Wildman–Crippen MR) is 110 cm³/mol. The molecule has 0 bridgehead atoms. The summed E-state index contributed by atoms with van der Waals surface area (Å²) in [6.45, 7) is 6.32. The summed E-state index contributed by atoms with van der Waals surface area (Å²) >= 11 is 6.19. The average Bonchev–Trinajstić information content (AvgIpc) is 2.64. The third kappa shape index (κ3) is 4.44. The molecular weight excluding hydrogens is 360 g/mol. The molecule has 0 aliphatic rings. The van der Waals surface area contributed by atoms with Crippen molar-refractivity contribution in [3.8, 4) is 0 Å². The first kappa shape index (κ1) is 18.9. The summed E-state index contributed by atoms with van der Waals surface area (Å²) in [5, 5.41) is 3.65. The van der Waals surface area contributed by atoms with E-state index in [9.17, 15) is 4.79 Å². The molecule has 27 heavy (non-hydrogen) atoms. The number of nitrogens with zero attached hydrogens (tertiary/aromatic N) is 3. The normalized spacial score (nSPS) is 10.5. The van der Waals surface area contributed by atoms with Crippen molar-refractivity contribution < 1.29 is 4.79 Å². The Morgan fingerprint density at radius 3 is 2.56 bits per heavy atom. The van der Waals surface area contributed by atoms with Gasteiger partial charge in [-0.15, -0.1) is 0 Å². The Morgan fingerprint density at radius 1 is 1.07 bits per heavy atom. The highest BCUT2D eigenvalue weighted by Crippen LogP contribution is 2.24. The lowest BCUT2D eigenvalue weighted by Gasteiger charge is -2.21. The van der Waals surface area contributed by atoms with Crippen molar-refractivity contribution in [2.75, 3.05) is 16.8 Å². The topological polar surface area (TPSA) is 58.1 Å². The van der Waals surface area contributed by atoms with Crippen molar-refractivity contribution in [3.63, 3.8) is 0 Å². The first-order chi connectivity index (χ1) is 13.0. The summed E-state index contributed by atoms with van der Waals surface area (Å²) in [6, 6.07) is 16.9. The van der Waals surface area contributed by atoms with Gasteiger partial charge in [0.25, 0.3) is 5.91 Å². The van der Waals surface area contributed by atoms with E-state index >= 15 is 0 Å². The van der Waals surface area contributed by atoms with Gasteiger partial charge in [0.1, 0.15) is 5.69 Å². The van der Waals surface area contributed by atoms with Crippen LogP contribution in [0.4, 0.5) is 17.3 Å². The minimum atomic E-state index is -0.171. The highest BCUT2D eigenvalue weighted by molar-refractivity contribution is 6.33. The summed E-state index contributed by atoms with van der Waals surface area (Å²) in [7, 11) is 0. The van der Waals surface area contributed by atoms with E-state index < -0.39 is 0 Å². The van der Waals surface area contributed by atoms with E-state index in [2.05, 4.69) is 15.3 Å². The largest absolute Gasteiger partial charge is 0.323 e. The third-order valence-electron chi connectivity index (χ3n) is 4.07. The van der Waals surface area contributed by atoms with Crippen molar-refractivity contribution >= 4 is 34.8 Å². The zero-order valence-corrected chi connectivity index (χ0v) is 16.3. The first-order valence-corrected chi connectivity index (χ1v) is 9.11. The Hall–Kier alpha value is -2.92. The molecule has 0 fully saturated rings. The SMILES string of the molecule is CCN(C(=O)c1cc(C)nc(Nc2ccccc2Cl)n1)c1cccc(C)c1. The number of aromatic nitrogens is 2. The monoisotopic (exact) mass is 380 g/mol. The zero-order chi connectivity index (χ0) is 19.4. The molecule has 0 spiro atoms. The van der Waals surface area contributed by atoms with Gasteiger partial charge in [0, 0.05) is 17.9 Å². The molecular formula is C21H21ClN4O. The van der Waals surface area contributed by atoms with Crippen molar-refractivity contribution in [1.82, 2.24) is 9.97 Å². The van der Waals surface area contributed by atoms with Crippen LogP contribution in [0, 0.1) is 13.8 Å². The van der Waals surface area contributed by atoms with Crippen LogP contribution in [0.15, 0.2) is 54.6 Å². The van der Waals surface area contributed by atoms with E-state index in [-0.39, 0.29) is 5.91 Å². The Bertz CT molecular complexity index is 974. The second-order valence-electron chi connectivity index (χ2n) is 6.21. The minimum absolute atomic E-state index is 0.171. The highest BCUT2D eigenvalue weighted by atomic mass is 35.5. The van der Waals surface area contributed by atoms with Crippen molar-refractivity contribution in [2.45, 2.75) is 20.8 Å². The van der Waals surface area contributed by atoms with Crippen molar-refractivity contribution in [2.24, 2.45) is 0 Å². The van der Waals surface area contributed by atoms with Crippen LogP contribution in [-0.4, -0.2) is 22.4 Å². The number of nitrogens with one attached hydrogen (secondary N) is 1. The van der Waals surface area contributed by atoms with Gasteiger partial charge in [-0.2, -0.15) is 0 Å². The lowest BCUT2D eigenvalue weighted by molar-refractivity contribution is 0.0983. The molecule has 0 saturated heterocycles. The van der Waals surface area contributed by atoms with E-state index in [0.29, 0.717) is 34.6 Å². The second kappa shape index (κ2) is 8.18. The summed E-state index contributed by atoms with van der Waals surface area (Å²) in [4.78, 5) is 23.6. The van der Waals surface area contributed by atoms with Crippen LogP contribution < -0.4 is 10.2 Å². The number of rotatable bonds is 5. The fourth-order valence-electron chi connectivity index (χ4n) is 2.79. The van der Waals surface area contributed by atoms with Crippen LogP contribution in [0.2, 0.25) is 5.02 Å². The van der Waals surface area contributed by atoms with E-state index in [1.54, 1.807) is 17.0 Å². The summed E-state index contributed by atoms with van der Waals surface area (Å²) in [5.74, 6) is 0.169. The maximum atomic E-state index is 13.1. The van der Waals surface area contributed by atoms with Gasteiger partial charge in [-0.3, -0.25) is 4.79 Å². The molecule has 0 aliphatic carbocycles. The number of hydrogen-bond acceptors (Lipinski definition) is 4. The Labute approximate surface area is 164 Å². The molecule has 0 saturated carbocycles. The van der Waals surface area contributed by atoms with E-state index in [1.807, 2.05) is 63.2 Å². The predicted octanol–water partition coefficient (Wildman–Crippen LogP) is 5.16. The van der Waals surface area contributed by atoms with E-state index in [1.165, 1.54) is 0 Å². The molecule has 0 unspecified atom stereocenters. The summed E-state index contributed by atoms with van der Waals surface area (Å²) in [6.07, 6.45) is 0. The van der Waals surface area contributed by atoms with Gasteiger partial charge in [-0.25, -0.2) is 9.97 Å². The number of para-hydroxylation sites is 1. The van der Waals surface area contributed by atoms with Gasteiger partial charge < -0.3 is 10.2 Å². The number of carbonyl (C=O) groups excluding carboxylic acids is 1. The molecule has 0 atom stereocenters. The maximum Gasteiger partial charge on any atom is 0.277 e. The molecule has 0 aliphatic heterocycles. The number of hydrogen-bond donors (Lipinski definition) is 1. The number of carbonyl (C=O) groups is 1. The molecule has 1 aromatic heterocycles. The van der Waals surface area contributed by atoms with Crippen LogP contribution in [-0.2, 0) is 0 Å². The minimum Gasteiger partial charge on any atom is -0.323 e. The van der Waals surface area contributed by atoms with Crippen molar-refractivity contribution in [3.05, 3.63) is 76.6 Å². The van der Waals surface area contributed by atoms with Gasteiger partial charge in [0.05, 0.1) is 10.7 Å². The van der Waals surface area contributed by atoms with Crippen molar-refractivity contribution in [1.29, 1.82) is 0 Å². The lowest BCUT2D eigenvalue weighted by atomic mass is 10.2. The molecule has 138 valence electrons. The number of anilines is 3. The van der Waals surface area contributed by atoms with Crippen LogP contribution in [0.25, 0.3) is 0 Å². The fraction of sp³-hybridized carbons (Fsp3) is 0.190. The Balaban J connectivity index is 1.92. The maximum absolute atomic E-state index is 13.1. The van der Waals surface area contributed by atoms with Crippen LogP contribution >= 0.6 is 11.6 Å². The lowest BCUT2D eigenvalue weighted by Crippen LogP contribution is -2.31. The fourth-order valence-corrected chi connectivity index (χ4v) is 2.98. The molecule has 1 heterocycles. The standard InChI is InChI=1S/C21H21ClN4O/c1-4-26(16-9-7-8-14(2)12-16)20(27)19-13-15(3)23-21(25-19)24-18-11-6-5-10-17(18)22/h5-13H,4H2,1-3H3,(H,23,24,25). The molecule has 1 N–H and O–H groups in total. The molecule has 5 nitrogen and oxygen atoms in total. The quantitative estimate of drug-likeness (QED) is 0.664. The van der Waals surface area contributed by atoms with Gasteiger partial charge >= 0.3 is 0 Å². The number of amides is 1. The Morgan fingerprint density at radius 2 is 1.85 bits per heavy atom. The molecule has 2 aromatic carbocycles. The summed E-state index contributed by atoms with van der Waals surface area (Å²) < 4.78 is 0. The number of halogens is 1. The summed E-state index contributed by atoms with van der Waals surface area (Å²) in [5.41, 5.74) is 3.66. The number of benzene rings is 2. The van der Waals surface area contributed by atoms with Gasteiger partial charge in [0.15, 0.2) is 0 Å². The third-order valence-corrected chi connectivity index (χ3v) is 4.40. The molecule has 6 heteroatoms. The Kier molecular flexibility index (Phi) is 5.72. The van der Waals surface area contributed by atoms with Gasteiger partial charge in [0.2, 0.25) is 5.95 Å². The van der Waals surface area contributed by atoms with Gasteiger partial charge in [-0.05, 0) is 56.7 Å². The molecule has 1 amide bonds.